The van der Waals surface area contributed by atoms with Crippen LogP contribution in [0.1, 0.15) is 36.7 Å². The Balaban J connectivity index is 1.41. The van der Waals surface area contributed by atoms with Crippen molar-refractivity contribution in [1.82, 2.24) is 19.4 Å². The van der Waals surface area contributed by atoms with Gasteiger partial charge in [-0.3, -0.25) is 9.78 Å². The van der Waals surface area contributed by atoms with Crippen molar-refractivity contribution in [3.63, 3.8) is 0 Å². The van der Waals surface area contributed by atoms with Crippen molar-refractivity contribution in [2.24, 2.45) is 0 Å². The van der Waals surface area contributed by atoms with E-state index in [1.54, 1.807) is 18.6 Å². The minimum atomic E-state index is -0.152. The zero-order valence-electron chi connectivity index (χ0n) is 19.9. The third-order valence-electron chi connectivity index (χ3n) is 5.75. The van der Waals surface area contributed by atoms with Crippen LogP contribution in [0.3, 0.4) is 0 Å². The van der Waals surface area contributed by atoms with E-state index in [4.69, 9.17) is 4.98 Å². The first-order valence-corrected chi connectivity index (χ1v) is 11.4. The highest BCUT2D eigenvalue weighted by Crippen LogP contribution is 2.27. The molecule has 7 nitrogen and oxygen atoms in total. The second kappa shape index (κ2) is 9.02. The van der Waals surface area contributed by atoms with Gasteiger partial charge >= 0.3 is 0 Å². The number of hydrogen-bond acceptors (Lipinski definition) is 5. The molecule has 1 amide bonds. The molecule has 0 fully saturated rings. The number of imidazole rings is 1. The van der Waals surface area contributed by atoms with Crippen molar-refractivity contribution in [1.29, 1.82) is 0 Å². The Hall–Kier alpha value is -4.52. The van der Waals surface area contributed by atoms with E-state index >= 15 is 0 Å². The molecule has 5 aromatic rings. The number of rotatable bonds is 5. The van der Waals surface area contributed by atoms with Gasteiger partial charge in [0, 0.05) is 53.5 Å². The fourth-order valence-corrected chi connectivity index (χ4v) is 3.81. The molecule has 7 heteroatoms. The summed E-state index contributed by atoms with van der Waals surface area (Å²) in [5.41, 5.74) is 5.75. The molecule has 2 aromatic carbocycles. The van der Waals surface area contributed by atoms with Crippen molar-refractivity contribution in [3.8, 4) is 11.3 Å². The largest absolute Gasteiger partial charge is 0.337 e. The Bertz CT molecular complexity index is 1480. The standard InChI is InChI=1S/C28H26N6O/c1-28(2,3)21-9-7-19(8-10-21)27(35)32-23-6-4-5-20(17-23)24-18-34-16-15-30-26(34)25(33-24)31-22-11-13-29-14-12-22/h4-18H,1-3H3,(H,32,35)(H,29,31,33). The summed E-state index contributed by atoms with van der Waals surface area (Å²) >= 11 is 0. The number of anilines is 3. The van der Waals surface area contributed by atoms with E-state index < -0.39 is 0 Å². The average Bonchev–Trinajstić information content (AvgIpc) is 3.34. The molecule has 174 valence electrons. The normalized spacial score (nSPS) is 11.4. The van der Waals surface area contributed by atoms with E-state index in [2.05, 4.69) is 41.4 Å². The minimum absolute atomic E-state index is 0.0395. The summed E-state index contributed by atoms with van der Waals surface area (Å²) < 4.78 is 1.92. The maximum atomic E-state index is 12.9. The minimum Gasteiger partial charge on any atom is -0.337 e. The number of nitrogens with zero attached hydrogens (tertiary/aromatic N) is 4. The Morgan fingerprint density at radius 1 is 0.914 bits per heavy atom. The highest BCUT2D eigenvalue weighted by molar-refractivity contribution is 6.04. The van der Waals surface area contributed by atoms with Gasteiger partial charge in [0.2, 0.25) is 0 Å². The van der Waals surface area contributed by atoms with Gasteiger partial charge in [-0.05, 0) is 47.4 Å². The zero-order valence-corrected chi connectivity index (χ0v) is 19.9. The van der Waals surface area contributed by atoms with Gasteiger partial charge in [-0.1, -0.05) is 45.0 Å². The number of pyridine rings is 1. The van der Waals surface area contributed by atoms with E-state index in [0.29, 0.717) is 22.7 Å². The van der Waals surface area contributed by atoms with E-state index in [0.717, 1.165) is 16.9 Å². The summed E-state index contributed by atoms with van der Waals surface area (Å²) in [6.45, 7) is 6.46. The summed E-state index contributed by atoms with van der Waals surface area (Å²) in [7, 11) is 0. The van der Waals surface area contributed by atoms with Crippen LogP contribution < -0.4 is 10.6 Å². The number of fused-ring (bicyclic) bond motifs is 1. The molecular formula is C28H26N6O. The molecule has 0 bridgehead atoms. The number of carbonyl (C=O) groups excluding carboxylic acids is 1. The lowest BCUT2D eigenvalue weighted by Gasteiger charge is -2.19. The van der Waals surface area contributed by atoms with Crippen LogP contribution in [-0.2, 0) is 5.41 Å². The molecule has 3 heterocycles. The van der Waals surface area contributed by atoms with Crippen molar-refractivity contribution in [2.45, 2.75) is 26.2 Å². The average molecular weight is 463 g/mol. The van der Waals surface area contributed by atoms with Gasteiger partial charge in [0.25, 0.3) is 5.91 Å². The second-order valence-corrected chi connectivity index (χ2v) is 9.36. The highest BCUT2D eigenvalue weighted by Gasteiger charge is 2.15. The smallest absolute Gasteiger partial charge is 0.255 e. The number of nitrogens with one attached hydrogen (secondary N) is 2. The van der Waals surface area contributed by atoms with Crippen molar-refractivity contribution < 1.29 is 4.79 Å². The highest BCUT2D eigenvalue weighted by atomic mass is 16.1. The molecule has 2 N–H and O–H groups in total. The van der Waals surface area contributed by atoms with Crippen LogP contribution >= 0.6 is 0 Å². The monoisotopic (exact) mass is 462 g/mol. The third kappa shape index (κ3) is 4.89. The van der Waals surface area contributed by atoms with Crippen LogP contribution in [0.5, 0.6) is 0 Å². The van der Waals surface area contributed by atoms with E-state index in [-0.39, 0.29) is 11.3 Å². The molecule has 0 aliphatic rings. The van der Waals surface area contributed by atoms with Gasteiger partial charge < -0.3 is 15.0 Å². The topological polar surface area (TPSA) is 84.2 Å². The second-order valence-electron chi connectivity index (χ2n) is 9.36. The lowest BCUT2D eigenvalue weighted by Crippen LogP contribution is -2.14. The van der Waals surface area contributed by atoms with Crippen molar-refractivity contribution in [2.75, 3.05) is 10.6 Å². The van der Waals surface area contributed by atoms with E-state index in [1.165, 1.54) is 5.56 Å². The molecule has 35 heavy (non-hydrogen) atoms. The van der Waals surface area contributed by atoms with Crippen LogP contribution in [0.25, 0.3) is 16.9 Å². The predicted molar refractivity (Wildman–Crippen MR) is 139 cm³/mol. The van der Waals surface area contributed by atoms with Gasteiger partial charge in [0.05, 0.1) is 5.69 Å². The Kier molecular flexibility index (Phi) is 5.74. The first-order valence-electron chi connectivity index (χ1n) is 11.4. The molecule has 0 saturated carbocycles. The van der Waals surface area contributed by atoms with Gasteiger partial charge in [0.1, 0.15) is 0 Å². The molecular weight excluding hydrogens is 436 g/mol. The first-order chi connectivity index (χ1) is 16.9. The number of carbonyl (C=O) groups is 1. The van der Waals surface area contributed by atoms with Gasteiger partial charge in [-0.15, -0.1) is 0 Å². The number of aromatic nitrogens is 4. The summed E-state index contributed by atoms with van der Waals surface area (Å²) in [6, 6.07) is 19.2. The molecule has 0 aliphatic heterocycles. The molecule has 3 aromatic heterocycles. The van der Waals surface area contributed by atoms with Crippen LogP contribution in [0.15, 0.2) is 91.6 Å². The fraction of sp³-hybridized carbons (Fsp3) is 0.143. The summed E-state index contributed by atoms with van der Waals surface area (Å²) in [5, 5.41) is 6.33. The van der Waals surface area contributed by atoms with Crippen LogP contribution in [0, 0.1) is 0 Å². The maximum absolute atomic E-state index is 12.9. The van der Waals surface area contributed by atoms with Gasteiger partial charge in [-0.2, -0.15) is 0 Å². The Labute approximate surface area is 203 Å². The molecule has 0 radical (unpaired) electrons. The Morgan fingerprint density at radius 3 is 2.43 bits per heavy atom. The fourth-order valence-electron chi connectivity index (χ4n) is 3.81. The summed E-state index contributed by atoms with van der Waals surface area (Å²) in [4.78, 5) is 26.2. The molecule has 0 atom stereocenters. The van der Waals surface area contributed by atoms with E-state index in [9.17, 15) is 4.79 Å². The van der Waals surface area contributed by atoms with E-state index in [1.807, 2.05) is 77.5 Å². The molecule has 0 unspecified atom stereocenters. The number of amides is 1. The zero-order chi connectivity index (χ0) is 24.4. The lowest BCUT2D eigenvalue weighted by atomic mass is 9.87. The third-order valence-corrected chi connectivity index (χ3v) is 5.75. The molecule has 0 saturated heterocycles. The number of benzene rings is 2. The van der Waals surface area contributed by atoms with Crippen molar-refractivity contribution in [3.05, 3.63) is 103 Å². The maximum Gasteiger partial charge on any atom is 0.255 e. The predicted octanol–water partition coefficient (Wildman–Crippen LogP) is 6.08. The van der Waals surface area contributed by atoms with Gasteiger partial charge in [-0.25, -0.2) is 9.97 Å². The van der Waals surface area contributed by atoms with Crippen LogP contribution in [0.2, 0.25) is 0 Å². The van der Waals surface area contributed by atoms with Crippen LogP contribution in [-0.4, -0.2) is 25.3 Å². The molecule has 0 aliphatic carbocycles. The SMILES string of the molecule is CC(C)(C)c1ccc(C(=O)Nc2cccc(-c3cn4ccnc4c(Nc4ccncc4)n3)c2)cc1. The summed E-state index contributed by atoms with van der Waals surface area (Å²) in [5.74, 6) is 0.479. The van der Waals surface area contributed by atoms with Gasteiger partial charge in [0.15, 0.2) is 11.5 Å². The lowest BCUT2D eigenvalue weighted by molar-refractivity contribution is 0.102. The number of hydrogen-bond donors (Lipinski definition) is 2. The quantitative estimate of drug-likeness (QED) is 0.330. The molecule has 5 rings (SSSR count). The Morgan fingerprint density at radius 2 is 1.69 bits per heavy atom. The summed E-state index contributed by atoms with van der Waals surface area (Å²) in [6.07, 6.45) is 8.98. The van der Waals surface area contributed by atoms with Crippen LogP contribution in [0.4, 0.5) is 17.2 Å². The molecule has 0 spiro atoms. The van der Waals surface area contributed by atoms with Crippen molar-refractivity contribution >= 4 is 28.7 Å². The first kappa shape index (κ1) is 22.3.